The van der Waals surface area contributed by atoms with Gasteiger partial charge < -0.3 is 14.2 Å². The number of ether oxygens (including phenoxy) is 1. The van der Waals surface area contributed by atoms with Crippen LogP contribution in [0, 0.1) is 0 Å². The van der Waals surface area contributed by atoms with E-state index in [2.05, 4.69) is 29.6 Å². The molecule has 3 heterocycles. The first-order valence-electron chi connectivity index (χ1n) is 9.19. The number of amides is 1. The SMILES string of the molecule is CC(C)c1nccn1C1CCCN(C(=O)C2Cc3ccccc3O2)C1. The van der Waals surface area contributed by atoms with Gasteiger partial charge in [-0.1, -0.05) is 32.0 Å². The van der Waals surface area contributed by atoms with Crippen LogP contribution in [0.5, 0.6) is 5.75 Å². The van der Waals surface area contributed by atoms with Gasteiger partial charge in [-0.2, -0.15) is 0 Å². The van der Waals surface area contributed by atoms with Crippen LogP contribution < -0.4 is 4.74 Å². The normalized spacial score (nSPS) is 22.8. The van der Waals surface area contributed by atoms with Crippen molar-refractivity contribution in [3.63, 3.8) is 0 Å². The minimum absolute atomic E-state index is 0.118. The van der Waals surface area contributed by atoms with Crippen LogP contribution in [0.25, 0.3) is 0 Å². The molecule has 0 aliphatic carbocycles. The molecule has 0 radical (unpaired) electrons. The van der Waals surface area contributed by atoms with Gasteiger partial charge in [-0.3, -0.25) is 4.79 Å². The molecule has 5 heteroatoms. The smallest absolute Gasteiger partial charge is 0.264 e. The van der Waals surface area contributed by atoms with Crippen LogP contribution in [0.1, 0.15) is 50.0 Å². The number of fused-ring (bicyclic) bond motifs is 1. The largest absolute Gasteiger partial charge is 0.480 e. The zero-order valence-electron chi connectivity index (χ0n) is 14.9. The van der Waals surface area contributed by atoms with E-state index >= 15 is 0 Å². The second-order valence-electron chi connectivity index (χ2n) is 7.35. The van der Waals surface area contributed by atoms with Gasteiger partial charge in [0, 0.05) is 37.8 Å². The summed E-state index contributed by atoms with van der Waals surface area (Å²) in [6.07, 6.45) is 6.34. The Morgan fingerprint density at radius 1 is 1.32 bits per heavy atom. The Balaban J connectivity index is 1.47. The molecule has 0 saturated carbocycles. The Morgan fingerprint density at radius 2 is 2.16 bits per heavy atom. The second-order valence-corrected chi connectivity index (χ2v) is 7.35. The average Bonchev–Trinajstić information content (AvgIpc) is 3.28. The third-order valence-corrected chi connectivity index (χ3v) is 5.24. The summed E-state index contributed by atoms with van der Waals surface area (Å²) in [5.41, 5.74) is 1.13. The maximum absolute atomic E-state index is 13.0. The van der Waals surface area contributed by atoms with E-state index < -0.39 is 0 Å². The van der Waals surface area contributed by atoms with E-state index in [1.165, 1.54) is 0 Å². The Kier molecular flexibility index (Phi) is 4.24. The van der Waals surface area contributed by atoms with Crippen LogP contribution in [-0.4, -0.2) is 39.6 Å². The van der Waals surface area contributed by atoms with Gasteiger partial charge in [-0.25, -0.2) is 4.98 Å². The van der Waals surface area contributed by atoms with Crippen LogP contribution in [0.15, 0.2) is 36.7 Å². The second kappa shape index (κ2) is 6.54. The molecule has 2 atom stereocenters. The first-order valence-corrected chi connectivity index (χ1v) is 9.19. The maximum atomic E-state index is 13.0. The molecule has 0 N–H and O–H groups in total. The number of piperidine rings is 1. The fourth-order valence-electron chi connectivity index (χ4n) is 3.99. The van der Waals surface area contributed by atoms with Crippen LogP contribution in [-0.2, 0) is 11.2 Å². The Bertz CT molecular complexity index is 743. The number of aromatic nitrogens is 2. The molecule has 25 heavy (non-hydrogen) atoms. The number of para-hydroxylation sites is 1. The predicted molar refractivity (Wildman–Crippen MR) is 95.7 cm³/mol. The molecule has 132 valence electrons. The Labute approximate surface area is 148 Å². The number of imidazole rings is 1. The minimum Gasteiger partial charge on any atom is -0.480 e. The van der Waals surface area contributed by atoms with E-state index in [4.69, 9.17) is 4.74 Å². The van der Waals surface area contributed by atoms with Crippen molar-refractivity contribution in [1.82, 2.24) is 14.5 Å². The van der Waals surface area contributed by atoms with Crippen molar-refractivity contribution < 1.29 is 9.53 Å². The van der Waals surface area contributed by atoms with Crippen LogP contribution in [0.2, 0.25) is 0 Å². The van der Waals surface area contributed by atoms with Gasteiger partial charge in [0.25, 0.3) is 5.91 Å². The number of benzene rings is 1. The van der Waals surface area contributed by atoms with Gasteiger partial charge in [0.15, 0.2) is 6.10 Å². The zero-order chi connectivity index (χ0) is 17.4. The van der Waals surface area contributed by atoms with E-state index in [1.807, 2.05) is 35.4 Å². The van der Waals surface area contributed by atoms with E-state index in [9.17, 15) is 4.79 Å². The quantitative estimate of drug-likeness (QED) is 0.863. The zero-order valence-corrected chi connectivity index (χ0v) is 14.9. The third-order valence-electron chi connectivity index (χ3n) is 5.24. The molecular weight excluding hydrogens is 314 g/mol. The molecule has 1 saturated heterocycles. The highest BCUT2D eigenvalue weighted by Crippen LogP contribution is 2.31. The maximum Gasteiger partial charge on any atom is 0.264 e. The van der Waals surface area contributed by atoms with Crippen molar-refractivity contribution in [2.45, 2.75) is 51.2 Å². The molecule has 2 aliphatic rings. The van der Waals surface area contributed by atoms with E-state index in [1.54, 1.807) is 0 Å². The van der Waals surface area contributed by atoms with Crippen molar-refractivity contribution in [3.05, 3.63) is 48.0 Å². The molecule has 2 aliphatic heterocycles. The lowest BCUT2D eigenvalue weighted by Crippen LogP contribution is -2.46. The van der Waals surface area contributed by atoms with Crippen molar-refractivity contribution in [2.24, 2.45) is 0 Å². The van der Waals surface area contributed by atoms with Crippen molar-refractivity contribution in [2.75, 3.05) is 13.1 Å². The van der Waals surface area contributed by atoms with Crippen LogP contribution in [0.3, 0.4) is 0 Å². The third kappa shape index (κ3) is 3.03. The Morgan fingerprint density at radius 3 is 2.96 bits per heavy atom. The van der Waals surface area contributed by atoms with Crippen LogP contribution >= 0.6 is 0 Å². The lowest BCUT2D eigenvalue weighted by Gasteiger charge is -2.35. The molecule has 1 aromatic heterocycles. The van der Waals surface area contributed by atoms with Gasteiger partial charge >= 0.3 is 0 Å². The predicted octanol–water partition coefficient (Wildman–Crippen LogP) is 3.17. The summed E-state index contributed by atoms with van der Waals surface area (Å²) in [6, 6.07) is 8.25. The average molecular weight is 339 g/mol. The molecule has 4 rings (SSSR count). The van der Waals surface area contributed by atoms with E-state index in [0.29, 0.717) is 18.4 Å². The summed E-state index contributed by atoms with van der Waals surface area (Å²) in [5, 5.41) is 0. The molecule has 1 amide bonds. The molecule has 2 aromatic rings. The first-order chi connectivity index (χ1) is 12.1. The molecular formula is C20H25N3O2. The lowest BCUT2D eigenvalue weighted by atomic mass is 10.0. The van der Waals surface area contributed by atoms with E-state index in [-0.39, 0.29) is 12.0 Å². The van der Waals surface area contributed by atoms with Crippen molar-refractivity contribution in [3.8, 4) is 5.75 Å². The minimum atomic E-state index is -0.372. The monoisotopic (exact) mass is 339 g/mol. The highest BCUT2D eigenvalue weighted by atomic mass is 16.5. The number of likely N-dealkylation sites (tertiary alicyclic amines) is 1. The summed E-state index contributed by atoms with van der Waals surface area (Å²) in [6.45, 7) is 5.88. The molecule has 2 unspecified atom stereocenters. The standard InChI is InChI=1S/C20H25N3O2/c1-14(2)19-21-9-11-23(19)16-7-5-10-22(13-16)20(24)18-12-15-6-3-4-8-17(15)25-18/h3-4,6,8-9,11,14,16,18H,5,7,10,12-13H2,1-2H3. The summed E-state index contributed by atoms with van der Waals surface area (Å²) >= 11 is 0. The summed E-state index contributed by atoms with van der Waals surface area (Å²) in [7, 11) is 0. The first kappa shape index (κ1) is 16.2. The summed E-state index contributed by atoms with van der Waals surface area (Å²) in [5.74, 6) is 2.45. The van der Waals surface area contributed by atoms with Gasteiger partial charge in [0.1, 0.15) is 11.6 Å². The van der Waals surface area contributed by atoms with Crippen molar-refractivity contribution in [1.29, 1.82) is 0 Å². The summed E-state index contributed by atoms with van der Waals surface area (Å²) < 4.78 is 8.16. The lowest BCUT2D eigenvalue weighted by molar-refractivity contribution is -0.139. The van der Waals surface area contributed by atoms with Gasteiger partial charge in [-0.05, 0) is 24.5 Å². The molecule has 1 aromatic carbocycles. The summed E-state index contributed by atoms with van der Waals surface area (Å²) in [4.78, 5) is 19.5. The number of hydrogen-bond acceptors (Lipinski definition) is 3. The number of rotatable bonds is 3. The van der Waals surface area contributed by atoms with Crippen molar-refractivity contribution >= 4 is 5.91 Å². The Hall–Kier alpha value is -2.30. The topological polar surface area (TPSA) is 47.4 Å². The molecule has 0 spiro atoms. The number of carbonyl (C=O) groups is 1. The van der Waals surface area contributed by atoms with Gasteiger partial charge in [-0.15, -0.1) is 0 Å². The number of nitrogens with zero attached hydrogens (tertiary/aromatic N) is 3. The number of hydrogen-bond donors (Lipinski definition) is 0. The van der Waals surface area contributed by atoms with Gasteiger partial charge in [0.05, 0.1) is 6.04 Å². The molecule has 5 nitrogen and oxygen atoms in total. The van der Waals surface area contributed by atoms with Gasteiger partial charge in [0.2, 0.25) is 0 Å². The molecule has 1 fully saturated rings. The fraction of sp³-hybridized carbons (Fsp3) is 0.500. The van der Waals surface area contributed by atoms with E-state index in [0.717, 1.165) is 43.1 Å². The number of carbonyl (C=O) groups excluding carboxylic acids is 1. The van der Waals surface area contributed by atoms with Crippen LogP contribution in [0.4, 0.5) is 0 Å². The fourth-order valence-corrected chi connectivity index (χ4v) is 3.99. The molecule has 0 bridgehead atoms. The highest BCUT2D eigenvalue weighted by Gasteiger charge is 2.35. The highest BCUT2D eigenvalue weighted by molar-refractivity contribution is 5.82.